The van der Waals surface area contributed by atoms with E-state index in [1.54, 1.807) is 7.11 Å². The van der Waals surface area contributed by atoms with Gasteiger partial charge >= 0.3 is 0 Å². The fraction of sp³-hybridized carbons (Fsp3) is 0.647. The Bertz CT molecular complexity index is 408. The van der Waals surface area contributed by atoms with Crippen LogP contribution in [-0.2, 0) is 6.54 Å². The second-order valence-corrected chi connectivity index (χ2v) is 5.67. The summed E-state index contributed by atoms with van der Waals surface area (Å²) < 4.78 is 5.46. The molecule has 2 rings (SSSR count). The van der Waals surface area contributed by atoms with Gasteiger partial charge in [-0.2, -0.15) is 0 Å². The molecule has 3 nitrogen and oxygen atoms in total. The minimum Gasteiger partial charge on any atom is -0.496 e. The third-order valence-corrected chi connectivity index (χ3v) is 4.40. The predicted octanol–water partition coefficient (Wildman–Crippen LogP) is 2.91. The van der Waals surface area contributed by atoms with E-state index in [1.807, 2.05) is 6.07 Å². The first-order valence-electron chi connectivity index (χ1n) is 7.86. The normalized spacial score (nSPS) is 23.8. The maximum Gasteiger partial charge on any atom is 0.123 e. The van der Waals surface area contributed by atoms with Crippen molar-refractivity contribution >= 4 is 0 Å². The Balaban J connectivity index is 1.97. The summed E-state index contributed by atoms with van der Waals surface area (Å²) in [5.41, 5.74) is 1.30. The van der Waals surface area contributed by atoms with Gasteiger partial charge in [0.1, 0.15) is 5.75 Å². The number of hydrogen-bond acceptors (Lipinski definition) is 3. The zero-order valence-electron chi connectivity index (χ0n) is 13.1. The van der Waals surface area contributed by atoms with Gasteiger partial charge in [0.05, 0.1) is 7.11 Å². The van der Waals surface area contributed by atoms with Gasteiger partial charge in [0.25, 0.3) is 0 Å². The van der Waals surface area contributed by atoms with Crippen molar-refractivity contribution in [1.29, 1.82) is 0 Å². The number of rotatable bonds is 6. The lowest BCUT2D eigenvalue weighted by Gasteiger charge is -2.38. The van der Waals surface area contributed by atoms with Gasteiger partial charge in [-0.15, -0.1) is 0 Å². The minimum atomic E-state index is 0.693. The predicted molar refractivity (Wildman–Crippen MR) is 84.1 cm³/mol. The van der Waals surface area contributed by atoms with Crippen LogP contribution >= 0.6 is 0 Å². The molecule has 20 heavy (non-hydrogen) atoms. The molecule has 0 amide bonds. The van der Waals surface area contributed by atoms with Crippen LogP contribution in [0.5, 0.6) is 5.75 Å². The number of para-hydroxylation sites is 1. The van der Waals surface area contributed by atoms with E-state index in [0.717, 1.165) is 24.8 Å². The Kier molecular flexibility index (Phi) is 5.86. The van der Waals surface area contributed by atoms with Crippen LogP contribution in [-0.4, -0.2) is 37.7 Å². The van der Waals surface area contributed by atoms with E-state index < -0.39 is 0 Å². The van der Waals surface area contributed by atoms with E-state index in [9.17, 15) is 0 Å². The monoisotopic (exact) mass is 276 g/mol. The van der Waals surface area contributed by atoms with Crippen molar-refractivity contribution in [2.24, 2.45) is 5.92 Å². The highest BCUT2D eigenvalue weighted by atomic mass is 16.5. The van der Waals surface area contributed by atoms with Crippen molar-refractivity contribution in [2.45, 2.75) is 39.3 Å². The van der Waals surface area contributed by atoms with Crippen LogP contribution in [0.2, 0.25) is 0 Å². The number of nitrogens with one attached hydrogen (secondary N) is 1. The maximum atomic E-state index is 5.46. The molecule has 0 spiro atoms. The zero-order chi connectivity index (χ0) is 14.4. The molecule has 0 aromatic heterocycles. The van der Waals surface area contributed by atoms with Crippen molar-refractivity contribution in [3.8, 4) is 5.75 Å². The number of benzene rings is 1. The van der Waals surface area contributed by atoms with Crippen LogP contribution in [0.25, 0.3) is 0 Å². The highest BCUT2D eigenvalue weighted by Gasteiger charge is 2.27. The summed E-state index contributed by atoms with van der Waals surface area (Å²) >= 11 is 0. The minimum absolute atomic E-state index is 0.693. The lowest BCUT2D eigenvalue weighted by Crippen LogP contribution is -2.48. The lowest BCUT2D eigenvalue weighted by molar-refractivity contribution is 0.129. The van der Waals surface area contributed by atoms with Crippen molar-refractivity contribution in [1.82, 2.24) is 10.2 Å². The molecule has 2 unspecified atom stereocenters. The molecule has 1 aliphatic rings. The smallest absolute Gasteiger partial charge is 0.123 e. The van der Waals surface area contributed by atoms with Gasteiger partial charge < -0.3 is 10.1 Å². The summed E-state index contributed by atoms with van der Waals surface area (Å²) in [6, 6.07) is 9.06. The van der Waals surface area contributed by atoms with E-state index >= 15 is 0 Å². The number of hydrogen-bond donors (Lipinski definition) is 1. The molecule has 3 heteroatoms. The lowest BCUT2D eigenvalue weighted by atomic mass is 9.89. The summed E-state index contributed by atoms with van der Waals surface area (Å²) in [4.78, 5) is 2.57. The molecule has 0 bridgehead atoms. The second kappa shape index (κ2) is 7.65. The van der Waals surface area contributed by atoms with Gasteiger partial charge in [0.2, 0.25) is 0 Å². The number of piperidine rings is 1. The maximum absolute atomic E-state index is 5.46. The molecule has 1 fully saturated rings. The molecule has 1 aromatic carbocycles. The molecule has 0 saturated carbocycles. The number of methoxy groups -OCH3 is 1. The van der Waals surface area contributed by atoms with Crippen LogP contribution in [0.1, 0.15) is 32.3 Å². The van der Waals surface area contributed by atoms with Crippen LogP contribution in [0, 0.1) is 5.92 Å². The Morgan fingerprint density at radius 2 is 2.10 bits per heavy atom. The average Bonchev–Trinajstić information content (AvgIpc) is 2.49. The topological polar surface area (TPSA) is 24.5 Å². The molecule has 1 heterocycles. The summed E-state index contributed by atoms with van der Waals surface area (Å²) in [6.45, 7) is 8.95. The Morgan fingerprint density at radius 3 is 2.80 bits per heavy atom. The first kappa shape index (κ1) is 15.3. The van der Waals surface area contributed by atoms with Crippen molar-refractivity contribution in [3.05, 3.63) is 29.8 Å². The second-order valence-electron chi connectivity index (χ2n) is 5.67. The van der Waals surface area contributed by atoms with Crippen LogP contribution in [0.15, 0.2) is 24.3 Å². The standard InChI is InChI=1S/C17H28N2O/c1-4-14-12-19(11-10-16(14)18-5-2)13-15-8-6-7-9-17(15)20-3/h6-9,14,16,18H,4-5,10-13H2,1-3H3. The van der Waals surface area contributed by atoms with Crippen molar-refractivity contribution in [3.63, 3.8) is 0 Å². The molecule has 0 radical (unpaired) electrons. The fourth-order valence-electron chi connectivity index (χ4n) is 3.27. The van der Waals surface area contributed by atoms with Gasteiger partial charge in [-0.1, -0.05) is 38.5 Å². The summed E-state index contributed by atoms with van der Waals surface area (Å²) in [6.07, 6.45) is 2.50. The van der Waals surface area contributed by atoms with Crippen LogP contribution < -0.4 is 10.1 Å². The van der Waals surface area contributed by atoms with Gasteiger partial charge in [-0.05, 0) is 31.5 Å². The van der Waals surface area contributed by atoms with Gasteiger partial charge in [0, 0.05) is 24.7 Å². The molecule has 1 saturated heterocycles. The van der Waals surface area contributed by atoms with Gasteiger partial charge in [-0.3, -0.25) is 4.90 Å². The highest BCUT2D eigenvalue weighted by Crippen LogP contribution is 2.25. The molecular formula is C17H28N2O. The molecule has 1 aliphatic heterocycles. The SMILES string of the molecule is CCNC1CCN(Cc2ccccc2OC)CC1CC. The first-order chi connectivity index (χ1) is 9.78. The Morgan fingerprint density at radius 1 is 1.30 bits per heavy atom. The van der Waals surface area contributed by atoms with E-state index in [4.69, 9.17) is 4.74 Å². The average molecular weight is 276 g/mol. The zero-order valence-corrected chi connectivity index (χ0v) is 13.1. The van der Waals surface area contributed by atoms with E-state index in [0.29, 0.717) is 6.04 Å². The molecule has 2 atom stereocenters. The summed E-state index contributed by atoms with van der Waals surface area (Å²) in [5.74, 6) is 1.77. The fourth-order valence-corrected chi connectivity index (χ4v) is 3.27. The van der Waals surface area contributed by atoms with Crippen LogP contribution in [0.3, 0.4) is 0 Å². The highest BCUT2D eigenvalue weighted by molar-refractivity contribution is 5.33. The molecule has 112 valence electrons. The molecule has 1 N–H and O–H groups in total. The Hall–Kier alpha value is -1.06. The quantitative estimate of drug-likeness (QED) is 0.864. The first-order valence-corrected chi connectivity index (χ1v) is 7.86. The molecule has 1 aromatic rings. The number of ether oxygens (including phenoxy) is 1. The van der Waals surface area contributed by atoms with Gasteiger partial charge in [-0.25, -0.2) is 0 Å². The van der Waals surface area contributed by atoms with Crippen LogP contribution in [0.4, 0.5) is 0 Å². The van der Waals surface area contributed by atoms with E-state index in [2.05, 4.69) is 42.3 Å². The number of likely N-dealkylation sites (tertiary alicyclic amines) is 1. The third kappa shape index (κ3) is 3.74. The summed E-state index contributed by atoms with van der Waals surface area (Å²) in [7, 11) is 1.76. The van der Waals surface area contributed by atoms with E-state index in [-0.39, 0.29) is 0 Å². The van der Waals surface area contributed by atoms with Gasteiger partial charge in [0.15, 0.2) is 0 Å². The van der Waals surface area contributed by atoms with Crippen molar-refractivity contribution in [2.75, 3.05) is 26.7 Å². The number of nitrogens with zero attached hydrogens (tertiary/aromatic N) is 1. The largest absolute Gasteiger partial charge is 0.496 e. The van der Waals surface area contributed by atoms with Crippen molar-refractivity contribution < 1.29 is 4.74 Å². The Labute approximate surface area is 123 Å². The third-order valence-electron chi connectivity index (χ3n) is 4.40. The summed E-state index contributed by atoms with van der Waals surface area (Å²) in [5, 5.41) is 3.64. The van der Waals surface area contributed by atoms with E-state index in [1.165, 1.54) is 31.5 Å². The molecular weight excluding hydrogens is 248 g/mol. The molecule has 0 aliphatic carbocycles.